The first-order valence-electron chi connectivity index (χ1n) is 23.6. The van der Waals surface area contributed by atoms with E-state index in [2.05, 4.69) is 59.5 Å². The number of fused-ring (bicyclic) bond motifs is 2. The van der Waals surface area contributed by atoms with E-state index in [0.717, 1.165) is 86.8 Å². The predicted molar refractivity (Wildman–Crippen MR) is 247 cm³/mol. The summed E-state index contributed by atoms with van der Waals surface area (Å²) in [5.41, 5.74) is 2.70. The van der Waals surface area contributed by atoms with E-state index in [1.165, 1.54) is 7.11 Å². The summed E-state index contributed by atoms with van der Waals surface area (Å²) in [6.45, 7) is 7.82. The van der Waals surface area contributed by atoms with E-state index in [0.29, 0.717) is 53.3 Å². The van der Waals surface area contributed by atoms with Crippen molar-refractivity contribution in [3.8, 4) is 0 Å². The molecular weight excluding hydrogens is 846 g/mol. The number of carbonyl (C=O) groups excluding carboxylic acids is 5. The predicted octanol–water partition coefficient (Wildman–Crippen LogP) is 5.76. The summed E-state index contributed by atoms with van der Waals surface area (Å²) in [5.74, 6) is 0.0931. The number of hydrogen-bond donors (Lipinski definition) is 4. The van der Waals surface area contributed by atoms with Crippen molar-refractivity contribution in [2.24, 2.45) is 5.92 Å². The molecule has 7 heterocycles. The van der Waals surface area contributed by atoms with Gasteiger partial charge in [0.25, 0.3) is 17.7 Å². The Morgan fingerprint density at radius 2 is 1.74 bits per heavy atom. The summed E-state index contributed by atoms with van der Waals surface area (Å²) < 4.78 is 22.0. The van der Waals surface area contributed by atoms with Gasteiger partial charge in [-0.1, -0.05) is 6.07 Å². The Kier molecular flexibility index (Phi) is 13.3. The summed E-state index contributed by atoms with van der Waals surface area (Å²) in [5, 5.41) is 13.2. The fraction of sp³-hybridized carbons (Fsp3) is 0.542. The van der Waals surface area contributed by atoms with Crippen LogP contribution in [0.2, 0.25) is 0 Å². The van der Waals surface area contributed by atoms with Crippen molar-refractivity contribution >= 4 is 63.7 Å². The van der Waals surface area contributed by atoms with Crippen molar-refractivity contribution in [3.63, 3.8) is 0 Å². The van der Waals surface area contributed by atoms with Gasteiger partial charge in [0.15, 0.2) is 0 Å². The van der Waals surface area contributed by atoms with E-state index in [9.17, 15) is 28.4 Å². The zero-order valence-corrected chi connectivity index (χ0v) is 37.9. The maximum Gasteiger partial charge on any atom is 0.264 e. The van der Waals surface area contributed by atoms with Crippen LogP contribution in [0.3, 0.4) is 0 Å². The minimum atomic E-state index is -1.12. The number of carbonyl (C=O) groups is 5. The van der Waals surface area contributed by atoms with Crippen LogP contribution in [-0.2, 0) is 14.3 Å². The van der Waals surface area contributed by atoms with Gasteiger partial charge in [0, 0.05) is 87.0 Å². The summed E-state index contributed by atoms with van der Waals surface area (Å²) in [4.78, 5) is 83.9. The number of rotatable bonds is 14. The van der Waals surface area contributed by atoms with E-state index >= 15 is 0 Å². The highest BCUT2D eigenvalue weighted by Crippen LogP contribution is 2.36. The van der Waals surface area contributed by atoms with Crippen molar-refractivity contribution in [2.75, 3.05) is 55.4 Å². The Morgan fingerprint density at radius 3 is 2.48 bits per heavy atom. The van der Waals surface area contributed by atoms with E-state index in [-0.39, 0.29) is 49.0 Å². The first kappa shape index (κ1) is 45.2. The van der Waals surface area contributed by atoms with Crippen molar-refractivity contribution < 1.29 is 33.1 Å². The van der Waals surface area contributed by atoms with Gasteiger partial charge in [0.1, 0.15) is 23.8 Å². The van der Waals surface area contributed by atoms with Crippen molar-refractivity contribution in [1.29, 1.82) is 0 Å². The number of hydrogen-bond acceptors (Lipinski definition) is 13. The van der Waals surface area contributed by atoms with Crippen LogP contribution in [0, 0.1) is 5.92 Å². The average molecular weight is 906 g/mol. The summed E-state index contributed by atoms with van der Waals surface area (Å²) in [6.07, 6.45) is 12.7. The van der Waals surface area contributed by atoms with E-state index in [1.54, 1.807) is 30.6 Å². The van der Waals surface area contributed by atoms with E-state index in [1.807, 2.05) is 23.2 Å². The first-order chi connectivity index (χ1) is 31.9. The number of pyridine rings is 1. The minimum absolute atomic E-state index is 0.0850. The van der Waals surface area contributed by atoms with E-state index < -0.39 is 41.9 Å². The zero-order valence-electron chi connectivity index (χ0n) is 37.9. The molecule has 0 bridgehead atoms. The van der Waals surface area contributed by atoms with Crippen molar-refractivity contribution in [3.05, 3.63) is 65.6 Å². The summed E-state index contributed by atoms with van der Waals surface area (Å²) >= 11 is 0. The number of halogens is 1. The van der Waals surface area contributed by atoms with Gasteiger partial charge < -0.3 is 35.1 Å². The molecular formula is C48H60FN11O6. The number of anilines is 4. The molecule has 5 aliphatic rings. The normalized spacial score (nSPS) is 24.2. The highest BCUT2D eigenvalue weighted by atomic mass is 19.1. The molecule has 1 aromatic carbocycles. The SMILES string of the molecule is CO[C@@H]1CCN(c2nccc(Nc3cc4c(cn3)c(C(=O)NC3CCN(CCCC5CCC(Nc6cccc7c6C(=O)N(C6CCC(=O)NC6=O)C7=O)CC5)CC3)cn4C(C)C)n2)C[C@@H]1F. The molecule has 0 radical (unpaired) electrons. The molecule has 3 atom stereocenters. The number of nitrogens with zero attached hydrogens (tertiary/aromatic N) is 7. The molecule has 0 spiro atoms. The molecule has 4 aromatic rings. The Balaban J connectivity index is 0.720. The smallest absolute Gasteiger partial charge is 0.264 e. The van der Waals surface area contributed by atoms with Crippen LogP contribution in [0.4, 0.5) is 27.7 Å². The van der Waals surface area contributed by atoms with Crippen LogP contribution in [0.25, 0.3) is 10.9 Å². The number of imide groups is 2. The fourth-order valence-electron chi connectivity index (χ4n) is 10.5. The molecule has 5 amide bonds. The van der Waals surface area contributed by atoms with Gasteiger partial charge in [-0.05, 0) is 109 Å². The monoisotopic (exact) mass is 905 g/mol. The number of benzene rings is 1. The van der Waals surface area contributed by atoms with Crippen molar-refractivity contribution in [2.45, 2.75) is 121 Å². The van der Waals surface area contributed by atoms with Gasteiger partial charge in [-0.15, -0.1) is 0 Å². The van der Waals surface area contributed by atoms with Crippen LogP contribution >= 0.6 is 0 Å². The Hall–Kier alpha value is -6.01. The minimum Gasteiger partial charge on any atom is -0.382 e. The quantitative estimate of drug-likeness (QED) is 0.112. The third-order valence-electron chi connectivity index (χ3n) is 14.2. The standard InChI is InChI=1S/C48H60FN11O6/c1-28(2)59-26-34(33-25-51-41(24-38(33)59)54-40-15-19-50-48(55-40)58-23-18-39(66-3)35(49)27-58)44(62)53-31-16-21-57(22-17-31)20-5-6-29-9-11-30(12-10-29)52-36-8-4-7-32-43(36)47(65)60(46(32)64)37-13-14-42(61)56-45(37)63/h4,7-8,15,19,24-26,28-31,35,37,39,52H,5-6,9-14,16-18,20-23,27H2,1-3H3,(H,53,62)(H,56,61,63)(H,50,51,54,55)/t29?,30?,35-,37?,39+/m0/s1. The molecule has 4 aliphatic heterocycles. The van der Waals surface area contributed by atoms with Gasteiger partial charge in [-0.25, -0.2) is 14.4 Å². The summed E-state index contributed by atoms with van der Waals surface area (Å²) in [7, 11) is 1.53. The third-order valence-corrected chi connectivity index (χ3v) is 14.2. The Labute approximate surface area is 383 Å². The molecule has 4 N–H and O–H groups in total. The zero-order chi connectivity index (χ0) is 46.1. The molecule has 18 heteroatoms. The lowest BCUT2D eigenvalue weighted by Gasteiger charge is -2.33. The maximum atomic E-state index is 14.6. The number of amides is 5. The number of ether oxygens (including phenoxy) is 1. The number of nitrogens with one attached hydrogen (secondary N) is 4. The molecule has 350 valence electrons. The number of alkyl halides is 1. The number of methoxy groups -OCH3 is 1. The molecule has 3 aromatic heterocycles. The first-order valence-corrected chi connectivity index (χ1v) is 23.6. The average Bonchev–Trinajstić information content (AvgIpc) is 3.82. The van der Waals surface area contributed by atoms with Crippen LogP contribution < -0.4 is 26.2 Å². The van der Waals surface area contributed by atoms with Crippen LogP contribution in [0.5, 0.6) is 0 Å². The van der Waals surface area contributed by atoms with Crippen LogP contribution in [0.15, 0.2) is 48.9 Å². The summed E-state index contributed by atoms with van der Waals surface area (Å²) in [6, 6.07) is 8.27. The molecule has 4 fully saturated rings. The third kappa shape index (κ3) is 9.47. The Bertz CT molecular complexity index is 2480. The Morgan fingerprint density at radius 1 is 0.939 bits per heavy atom. The molecule has 17 nitrogen and oxygen atoms in total. The second-order valence-electron chi connectivity index (χ2n) is 18.8. The van der Waals surface area contributed by atoms with Gasteiger partial charge in [0.2, 0.25) is 17.8 Å². The van der Waals surface area contributed by atoms with E-state index in [4.69, 9.17) is 4.74 Å². The van der Waals surface area contributed by atoms with Gasteiger partial charge >= 0.3 is 0 Å². The lowest BCUT2D eigenvalue weighted by molar-refractivity contribution is -0.136. The van der Waals surface area contributed by atoms with Crippen LogP contribution in [-0.4, -0.2) is 129 Å². The highest BCUT2D eigenvalue weighted by Gasteiger charge is 2.46. The number of aromatic nitrogens is 4. The second-order valence-corrected chi connectivity index (χ2v) is 18.8. The molecule has 9 rings (SSSR count). The largest absolute Gasteiger partial charge is 0.382 e. The highest BCUT2D eigenvalue weighted by molar-refractivity contribution is 6.25. The number of piperidine rings is 3. The topological polar surface area (TPSA) is 196 Å². The lowest BCUT2D eigenvalue weighted by atomic mass is 9.83. The molecule has 66 heavy (non-hydrogen) atoms. The molecule has 1 aliphatic carbocycles. The number of likely N-dealkylation sites (tertiary alicyclic amines) is 1. The second kappa shape index (κ2) is 19.5. The van der Waals surface area contributed by atoms with Gasteiger partial charge in [0.05, 0.1) is 34.9 Å². The van der Waals surface area contributed by atoms with Gasteiger partial charge in [-0.3, -0.25) is 34.2 Å². The molecule has 3 saturated heterocycles. The van der Waals surface area contributed by atoms with Gasteiger partial charge in [-0.2, -0.15) is 4.98 Å². The lowest BCUT2D eigenvalue weighted by Crippen LogP contribution is -2.54. The maximum absolute atomic E-state index is 14.6. The molecule has 1 saturated carbocycles. The molecule has 1 unspecified atom stereocenters. The van der Waals surface area contributed by atoms with Crippen LogP contribution in [0.1, 0.15) is 122 Å². The fourth-order valence-corrected chi connectivity index (χ4v) is 10.5. The van der Waals surface area contributed by atoms with Crippen molar-refractivity contribution in [1.82, 2.24) is 40.0 Å².